The van der Waals surface area contributed by atoms with Gasteiger partial charge in [-0.3, -0.25) is 4.79 Å². The third-order valence-electron chi connectivity index (χ3n) is 3.29. The maximum Gasteiger partial charge on any atom is 0.330 e. The molecule has 1 heterocycles. The molecule has 0 aromatic heterocycles. The summed E-state index contributed by atoms with van der Waals surface area (Å²) in [7, 11) is 1.82. The molecule has 1 rings (SSSR count). The summed E-state index contributed by atoms with van der Waals surface area (Å²) in [6, 6.07) is 0.257. The first-order chi connectivity index (χ1) is 8.21. The molecule has 1 amide bonds. The van der Waals surface area contributed by atoms with Crippen LogP contribution >= 0.6 is 0 Å². The van der Waals surface area contributed by atoms with Gasteiger partial charge in [-0.15, -0.1) is 5.06 Å². The van der Waals surface area contributed by atoms with E-state index in [-0.39, 0.29) is 17.9 Å². The van der Waals surface area contributed by atoms with Gasteiger partial charge in [0.25, 0.3) is 0 Å². The molecule has 1 fully saturated rings. The molecule has 0 saturated carbocycles. The number of piperidine rings is 1. The SMILES string of the molecule is CC(=O)N(C)C1CCN(OC(=O)C(C)(C)C)CC1. The van der Waals surface area contributed by atoms with Crippen LogP contribution < -0.4 is 0 Å². The molecule has 0 unspecified atom stereocenters. The van der Waals surface area contributed by atoms with Gasteiger partial charge in [0.05, 0.1) is 5.41 Å². The number of hydrogen-bond acceptors (Lipinski definition) is 4. The van der Waals surface area contributed by atoms with E-state index in [1.165, 1.54) is 0 Å². The van der Waals surface area contributed by atoms with Gasteiger partial charge in [-0.1, -0.05) is 0 Å². The molecule has 0 aliphatic carbocycles. The highest BCUT2D eigenvalue weighted by Gasteiger charge is 2.29. The lowest BCUT2D eigenvalue weighted by atomic mass is 9.98. The Kier molecular flexibility index (Phi) is 4.73. The van der Waals surface area contributed by atoms with Gasteiger partial charge in [-0.25, -0.2) is 4.79 Å². The van der Waals surface area contributed by atoms with Gasteiger partial charge in [0.15, 0.2) is 0 Å². The predicted octanol–water partition coefficient (Wildman–Crippen LogP) is 1.43. The van der Waals surface area contributed by atoms with Gasteiger partial charge in [-0.05, 0) is 33.6 Å². The Labute approximate surface area is 109 Å². The molecule has 0 radical (unpaired) electrons. The zero-order valence-corrected chi connectivity index (χ0v) is 12.0. The van der Waals surface area contributed by atoms with E-state index in [1.54, 1.807) is 16.9 Å². The van der Waals surface area contributed by atoms with Gasteiger partial charge in [0.2, 0.25) is 5.91 Å². The number of hydroxylamine groups is 2. The highest BCUT2D eigenvalue weighted by Crippen LogP contribution is 2.20. The van der Waals surface area contributed by atoms with Crippen LogP contribution in [0.25, 0.3) is 0 Å². The van der Waals surface area contributed by atoms with Crippen molar-refractivity contribution in [2.45, 2.75) is 46.6 Å². The largest absolute Gasteiger partial charge is 0.367 e. The average Bonchev–Trinajstić information content (AvgIpc) is 2.27. The van der Waals surface area contributed by atoms with E-state index >= 15 is 0 Å². The van der Waals surface area contributed by atoms with Crippen LogP contribution in [-0.4, -0.2) is 48.0 Å². The number of hydrogen-bond donors (Lipinski definition) is 0. The Morgan fingerprint density at radius 1 is 1.22 bits per heavy atom. The molecule has 1 aliphatic heterocycles. The lowest BCUT2D eigenvalue weighted by Gasteiger charge is -2.36. The zero-order valence-electron chi connectivity index (χ0n) is 12.0. The summed E-state index contributed by atoms with van der Waals surface area (Å²) in [6.07, 6.45) is 1.68. The van der Waals surface area contributed by atoms with Crippen molar-refractivity contribution < 1.29 is 14.4 Å². The second kappa shape index (κ2) is 5.69. The second-order valence-electron chi connectivity index (χ2n) is 5.92. The minimum absolute atomic E-state index is 0.0835. The van der Waals surface area contributed by atoms with E-state index in [4.69, 9.17) is 4.84 Å². The maximum atomic E-state index is 11.7. The number of amides is 1. The van der Waals surface area contributed by atoms with E-state index < -0.39 is 5.41 Å². The first-order valence-electron chi connectivity index (χ1n) is 6.42. The molecule has 0 N–H and O–H groups in total. The molecule has 0 aromatic carbocycles. The fraction of sp³-hybridized carbons (Fsp3) is 0.846. The summed E-state index contributed by atoms with van der Waals surface area (Å²) in [5.74, 6) is -0.124. The molecular weight excluding hydrogens is 232 g/mol. The zero-order chi connectivity index (χ0) is 13.9. The quantitative estimate of drug-likeness (QED) is 0.750. The van der Waals surface area contributed by atoms with E-state index in [0.717, 1.165) is 12.8 Å². The molecular formula is C13H24N2O3. The Morgan fingerprint density at radius 3 is 2.11 bits per heavy atom. The summed E-state index contributed by atoms with van der Waals surface area (Å²) in [5, 5.41) is 1.71. The molecule has 0 atom stereocenters. The van der Waals surface area contributed by atoms with E-state index in [9.17, 15) is 9.59 Å². The predicted molar refractivity (Wildman–Crippen MR) is 68.6 cm³/mol. The molecule has 1 saturated heterocycles. The van der Waals surface area contributed by atoms with Crippen LogP contribution in [0.4, 0.5) is 0 Å². The van der Waals surface area contributed by atoms with Crippen molar-refractivity contribution in [1.29, 1.82) is 0 Å². The van der Waals surface area contributed by atoms with E-state index in [2.05, 4.69) is 0 Å². The summed E-state index contributed by atoms with van der Waals surface area (Å²) in [5.41, 5.74) is -0.479. The van der Waals surface area contributed by atoms with Crippen LogP contribution in [0, 0.1) is 5.41 Å². The van der Waals surface area contributed by atoms with Crippen LogP contribution in [0.1, 0.15) is 40.5 Å². The maximum absolute atomic E-state index is 11.7. The second-order valence-corrected chi connectivity index (χ2v) is 5.92. The third-order valence-corrected chi connectivity index (χ3v) is 3.29. The summed E-state index contributed by atoms with van der Waals surface area (Å²) in [4.78, 5) is 30.1. The van der Waals surface area contributed by atoms with Crippen molar-refractivity contribution in [3.63, 3.8) is 0 Å². The fourth-order valence-corrected chi connectivity index (χ4v) is 1.83. The first-order valence-corrected chi connectivity index (χ1v) is 6.42. The van der Waals surface area contributed by atoms with Gasteiger partial charge in [0.1, 0.15) is 0 Å². The summed E-state index contributed by atoms with van der Waals surface area (Å²) < 4.78 is 0. The number of nitrogens with zero attached hydrogens (tertiary/aromatic N) is 2. The Balaban J connectivity index is 2.41. The van der Waals surface area contributed by atoms with Crippen molar-refractivity contribution >= 4 is 11.9 Å². The minimum atomic E-state index is -0.479. The number of carbonyl (C=O) groups is 2. The topological polar surface area (TPSA) is 49.9 Å². The monoisotopic (exact) mass is 256 g/mol. The van der Waals surface area contributed by atoms with Crippen molar-refractivity contribution in [3.8, 4) is 0 Å². The normalized spacial score (nSPS) is 18.5. The standard InChI is InChI=1S/C13H24N2O3/c1-10(16)14(5)11-6-8-15(9-7-11)18-12(17)13(2,3)4/h11H,6-9H2,1-5H3. The summed E-state index contributed by atoms with van der Waals surface area (Å²) >= 11 is 0. The first kappa shape index (κ1) is 15.0. The number of rotatable bonds is 2. The molecule has 1 aliphatic rings. The Morgan fingerprint density at radius 2 is 1.72 bits per heavy atom. The smallest absolute Gasteiger partial charge is 0.330 e. The van der Waals surface area contributed by atoms with Crippen molar-refractivity contribution in [3.05, 3.63) is 0 Å². The van der Waals surface area contributed by atoms with Gasteiger partial charge in [0, 0.05) is 33.1 Å². The van der Waals surface area contributed by atoms with Crippen molar-refractivity contribution in [1.82, 2.24) is 9.96 Å². The fourth-order valence-electron chi connectivity index (χ4n) is 1.83. The lowest BCUT2D eigenvalue weighted by Crippen LogP contribution is -2.46. The van der Waals surface area contributed by atoms with Crippen LogP contribution in [-0.2, 0) is 14.4 Å². The molecule has 5 heteroatoms. The molecule has 0 bridgehead atoms. The molecule has 0 spiro atoms. The van der Waals surface area contributed by atoms with E-state index in [0.29, 0.717) is 13.1 Å². The van der Waals surface area contributed by atoms with Crippen LogP contribution in [0.2, 0.25) is 0 Å². The lowest BCUT2D eigenvalue weighted by molar-refractivity contribution is -0.206. The highest BCUT2D eigenvalue weighted by atomic mass is 16.7. The molecule has 0 aromatic rings. The third kappa shape index (κ3) is 3.98. The van der Waals surface area contributed by atoms with Crippen molar-refractivity contribution in [2.75, 3.05) is 20.1 Å². The summed E-state index contributed by atoms with van der Waals surface area (Å²) in [6.45, 7) is 8.46. The van der Waals surface area contributed by atoms with Gasteiger partial charge in [-0.2, -0.15) is 0 Å². The van der Waals surface area contributed by atoms with E-state index in [1.807, 2.05) is 27.8 Å². The molecule has 5 nitrogen and oxygen atoms in total. The van der Waals surface area contributed by atoms with Crippen molar-refractivity contribution in [2.24, 2.45) is 5.41 Å². The number of carbonyl (C=O) groups excluding carboxylic acids is 2. The van der Waals surface area contributed by atoms with Gasteiger partial charge >= 0.3 is 5.97 Å². The molecule has 18 heavy (non-hydrogen) atoms. The molecule has 104 valence electrons. The van der Waals surface area contributed by atoms with Crippen LogP contribution in [0.15, 0.2) is 0 Å². The van der Waals surface area contributed by atoms with Gasteiger partial charge < -0.3 is 9.74 Å². The van der Waals surface area contributed by atoms with Crippen LogP contribution in [0.3, 0.4) is 0 Å². The average molecular weight is 256 g/mol. The Hall–Kier alpha value is -1.10. The highest BCUT2D eigenvalue weighted by molar-refractivity contribution is 5.75. The van der Waals surface area contributed by atoms with Crippen LogP contribution in [0.5, 0.6) is 0 Å². The Bertz CT molecular complexity index is 315. The minimum Gasteiger partial charge on any atom is -0.367 e.